The van der Waals surface area contributed by atoms with Gasteiger partial charge in [0.1, 0.15) is 5.75 Å². The summed E-state index contributed by atoms with van der Waals surface area (Å²) in [6, 6.07) is 12.1. The van der Waals surface area contributed by atoms with Gasteiger partial charge in [-0.05, 0) is 36.8 Å². The van der Waals surface area contributed by atoms with Gasteiger partial charge in [0.15, 0.2) is 17.6 Å². The topological polar surface area (TPSA) is 65.0 Å². The average molecular weight is 377 g/mol. The van der Waals surface area contributed by atoms with Crippen LogP contribution >= 0.6 is 11.6 Å². The van der Waals surface area contributed by atoms with Crippen molar-refractivity contribution in [2.24, 2.45) is 0 Å². The van der Waals surface area contributed by atoms with Crippen LogP contribution in [0.15, 0.2) is 42.5 Å². The quantitative estimate of drug-likeness (QED) is 0.698. The van der Waals surface area contributed by atoms with Crippen LogP contribution in [0.4, 0.5) is 0 Å². The third kappa shape index (κ3) is 4.05. The number of benzene rings is 2. The molecule has 0 radical (unpaired) electrons. The van der Waals surface area contributed by atoms with Gasteiger partial charge in [-0.1, -0.05) is 43.5 Å². The molecule has 1 N–H and O–H groups in total. The summed E-state index contributed by atoms with van der Waals surface area (Å²) in [5, 5.41) is 10.1. The summed E-state index contributed by atoms with van der Waals surface area (Å²) in [7, 11) is 0. The van der Waals surface area contributed by atoms with Crippen molar-refractivity contribution in [2.45, 2.75) is 38.4 Å². The number of ether oxygens (including phenoxy) is 3. The third-order valence-electron chi connectivity index (χ3n) is 4.16. The first-order valence-electron chi connectivity index (χ1n) is 8.67. The van der Waals surface area contributed by atoms with Crippen LogP contribution < -0.4 is 14.2 Å². The Hall–Kier alpha value is -2.40. The number of hydrogen-bond acceptors (Lipinski definition) is 4. The largest absolute Gasteiger partial charge is 0.493 e. The third-order valence-corrected chi connectivity index (χ3v) is 4.39. The van der Waals surface area contributed by atoms with E-state index in [2.05, 4.69) is 6.92 Å². The van der Waals surface area contributed by atoms with Gasteiger partial charge in [-0.25, -0.2) is 4.79 Å². The maximum Gasteiger partial charge on any atom is 0.349 e. The van der Waals surface area contributed by atoms with Crippen LogP contribution in [-0.4, -0.2) is 23.8 Å². The fraction of sp³-hybridized carbons (Fsp3) is 0.350. The van der Waals surface area contributed by atoms with E-state index in [1.807, 2.05) is 0 Å². The molecular formula is C20H21ClO5. The summed E-state index contributed by atoms with van der Waals surface area (Å²) >= 11 is 6.15. The minimum absolute atomic E-state index is 0.406. The smallest absolute Gasteiger partial charge is 0.349 e. The number of rotatable bonds is 7. The predicted octanol–water partition coefficient (Wildman–Crippen LogP) is 4.87. The molecule has 0 amide bonds. The van der Waals surface area contributed by atoms with Crippen molar-refractivity contribution in [1.82, 2.24) is 0 Å². The van der Waals surface area contributed by atoms with E-state index in [1.165, 1.54) is 0 Å². The van der Waals surface area contributed by atoms with Crippen molar-refractivity contribution in [3.05, 3.63) is 53.1 Å². The highest BCUT2D eigenvalue weighted by Gasteiger charge is 2.39. The number of carboxylic acid groups (broad SMARTS) is 1. The van der Waals surface area contributed by atoms with E-state index in [0.29, 0.717) is 34.4 Å². The molecular weight excluding hydrogens is 356 g/mol. The molecule has 3 rings (SSSR count). The van der Waals surface area contributed by atoms with E-state index >= 15 is 0 Å². The van der Waals surface area contributed by atoms with Gasteiger partial charge < -0.3 is 19.3 Å². The van der Waals surface area contributed by atoms with Crippen molar-refractivity contribution >= 4 is 17.6 Å². The van der Waals surface area contributed by atoms with Crippen molar-refractivity contribution in [3.8, 4) is 17.2 Å². The van der Waals surface area contributed by atoms with Gasteiger partial charge in [0.25, 0.3) is 0 Å². The number of hydrogen-bond donors (Lipinski definition) is 1. The highest BCUT2D eigenvalue weighted by atomic mass is 35.5. The number of unbranched alkanes of at least 4 members (excludes halogenated alkanes) is 2. The Balaban J connectivity index is 1.92. The van der Waals surface area contributed by atoms with Crippen LogP contribution in [0, 0.1) is 0 Å². The maximum absolute atomic E-state index is 11.8. The molecule has 26 heavy (non-hydrogen) atoms. The summed E-state index contributed by atoms with van der Waals surface area (Å²) in [5.74, 6) is 0.349. The second-order valence-corrected chi connectivity index (χ2v) is 6.54. The molecule has 5 nitrogen and oxygen atoms in total. The Bertz CT molecular complexity index is 777. The molecule has 0 bridgehead atoms. The summed E-state index contributed by atoms with van der Waals surface area (Å²) in [6.07, 6.45) is 1.03. The second-order valence-electron chi connectivity index (χ2n) is 6.10. The second kappa shape index (κ2) is 8.32. The first-order chi connectivity index (χ1) is 12.6. The van der Waals surface area contributed by atoms with Gasteiger partial charge in [0, 0.05) is 10.6 Å². The highest BCUT2D eigenvalue weighted by Crippen LogP contribution is 2.42. The van der Waals surface area contributed by atoms with Crippen LogP contribution in [0.1, 0.15) is 37.9 Å². The Morgan fingerprint density at radius 3 is 2.58 bits per heavy atom. The summed E-state index contributed by atoms with van der Waals surface area (Å²) in [6.45, 7) is 2.67. The van der Waals surface area contributed by atoms with Crippen molar-refractivity contribution < 1.29 is 24.1 Å². The monoisotopic (exact) mass is 376 g/mol. The van der Waals surface area contributed by atoms with Crippen LogP contribution in [-0.2, 0) is 4.79 Å². The lowest BCUT2D eigenvalue weighted by molar-refractivity contribution is -0.151. The zero-order chi connectivity index (χ0) is 18.5. The summed E-state index contributed by atoms with van der Waals surface area (Å²) in [5.41, 5.74) is 0.566. The number of aliphatic carboxylic acids is 1. The summed E-state index contributed by atoms with van der Waals surface area (Å²) < 4.78 is 17.5. The molecule has 0 aliphatic carbocycles. The van der Waals surface area contributed by atoms with Crippen LogP contribution in [0.25, 0.3) is 0 Å². The van der Waals surface area contributed by atoms with Gasteiger partial charge in [0.2, 0.25) is 6.10 Å². The molecule has 138 valence electrons. The van der Waals surface area contributed by atoms with Gasteiger partial charge >= 0.3 is 5.97 Å². The van der Waals surface area contributed by atoms with Crippen LogP contribution in [0.5, 0.6) is 17.2 Å². The van der Waals surface area contributed by atoms with Gasteiger partial charge in [0.05, 0.1) is 6.61 Å². The predicted molar refractivity (Wildman–Crippen MR) is 98.3 cm³/mol. The SMILES string of the molecule is CCCCCOc1ccc(Cl)cc1C1Oc2ccccc2OC1C(=O)O. The Morgan fingerprint density at radius 1 is 1.15 bits per heavy atom. The zero-order valence-electron chi connectivity index (χ0n) is 14.5. The fourth-order valence-corrected chi connectivity index (χ4v) is 3.04. The van der Waals surface area contributed by atoms with E-state index in [0.717, 1.165) is 19.3 Å². The number of halogens is 1. The molecule has 2 aromatic rings. The molecule has 6 heteroatoms. The molecule has 2 unspecified atom stereocenters. The molecule has 0 spiro atoms. The first-order valence-corrected chi connectivity index (χ1v) is 9.05. The van der Waals surface area contributed by atoms with Gasteiger partial charge in [-0.3, -0.25) is 0 Å². The van der Waals surface area contributed by atoms with E-state index in [1.54, 1.807) is 42.5 Å². The maximum atomic E-state index is 11.8. The number of fused-ring (bicyclic) bond motifs is 1. The highest BCUT2D eigenvalue weighted by molar-refractivity contribution is 6.30. The standard InChI is InChI=1S/C20H21ClO5/c1-2-3-6-11-24-15-10-9-13(21)12-14(15)18-19(20(22)23)26-17-8-5-4-7-16(17)25-18/h4-5,7-10,12,18-19H,2-3,6,11H2,1H3,(H,22,23). The summed E-state index contributed by atoms with van der Waals surface area (Å²) in [4.78, 5) is 11.8. The van der Waals surface area contributed by atoms with Crippen molar-refractivity contribution in [3.63, 3.8) is 0 Å². The Kier molecular flexibility index (Phi) is 5.89. The number of carbonyl (C=O) groups is 1. The van der Waals surface area contributed by atoms with Gasteiger partial charge in [-0.2, -0.15) is 0 Å². The lowest BCUT2D eigenvalue weighted by Crippen LogP contribution is -2.39. The van der Waals surface area contributed by atoms with Crippen LogP contribution in [0.2, 0.25) is 5.02 Å². The zero-order valence-corrected chi connectivity index (χ0v) is 15.2. The Labute approximate surface area is 157 Å². The molecule has 0 saturated carbocycles. The first kappa shape index (κ1) is 18.4. The van der Waals surface area contributed by atoms with Crippen molar-refractivity contribution in [2.75, 3.05) is 6.61 Å². The van der Waals surface area contributed by atoms with Gasteiger partial charge in [-0.15, -0.1) is 0 Å². The molecule has 0 saturated heterocycles. The molecule has 1 aliphatic heterocycles. The number of para-hydroxylation sites is 2. The molecule has 2 atom stereocenters. The normalized spacial score (nSPS) is 18.4. The minimum Gasteiger partial charge on any atom is -0.493 e. The lowest BCUT2D eigenvalue weighted by atomic mass is 10.0. The molecule has 2 aromatic carbocycles. The van der Waals surface area contributed by atoms with E-state index in [-0.39, 0.29) is 0 Å². The van der Waals surface area contributed by atoms with Crippen molar-refractivity contribution in [1.29, 1.82) is 0 Å². The van der Waals surface area contributed by atoms with Crippen LogP contribution in [0.3, 0.4) is 0 Å². The average Bonchev–Trinajstić information content (AvgIpc) is 2.65. The molecule has 0 aromatic heterocycles. The minimum atomic E-state index is -1.19. The molecule has 1 aliphatic rings. The van der Waals surface area contributed by atoms with E-state index in [9.17, 15) is 9.90 Å². The fourth-order valence-electron chi connectivity index (χ4n) is 2.86. The van der Waals surface area contributed by atoms with E-state index in [4.69, 9.17) is 25.8 Å². The Morgan fingerprint density at radius 2 is 1.88 bits per heavy atom. The molecule has 1 heterocycles. The number of carboxylic acids is 1. The molecule has 0 fully saturated rings. The lowest BCUT2D eigenvalue weighted by Gasteiger charge is -2.32. The van der Waals surface area contributed by atoms with E-state index < -0.39 is 18.2 Å².